The maximum absolute atomic E-state index is 13.2. The first-order chi connectivity index (χ1) is 12.6. The number of hydrogen-bond acceptors (Lipinski definition) is 7. The van der Waals surface area contributed by atoms with Crippen LogP contribution in [-0.4, -0.2) is 77.1 Å². The van der Waals surface area contributed by atoms with Crippen LogP contribution in [0.5, 0.6) is 0 Å². The minimum Gasteiger partial charge on any atom is -0.480 e. The Labute approximate surface area is 162 Å². The van der Waals surface area contributed by atoms with Gasteiger partial charge in [-0.2, -0.15) is 17.4 Å². The minimum atomic E-state index is -4.22. The van der Waals surface area contributed by atoms with E-state index in [1.54, 1.807) is 0 Å². The minimum absolute atomic E-state index is 0.00185. The van der Waals surface area contributed by atoms with Gasteiger partial charge in [-0.05, 0) is 19.7 Å². The van der Waals surface area contributed by atoms with Gasteiger partial charge in [0.05, 0.1) is 0 Å². The number of carboxylic acid groups (broad SMARTS) is 1. The summed E-state index contributed by atoms with van der Waals surface area (Å²) in [4.78, 5) is 11.6. The molecule has 0 aromatic heterocycles. The second-order valence-electron chi connectivity index (χ2n) is 8.03. The van der Waals surface area contributed by atoms with Crippen LogP contribution in [0.3, 0.4) is 0 Å². The number of carboxylic acids is 1. The van der Waals surface area contributed by atoms with Crippen molar-refractivity contribution >= 4 is 23.3 Å². The fourth-order valence-corrected chi connectivity index (χ4v) is 5.44. The first-order valence-electron chi connectivity index (χ1n) is 8.94. The molecular formula is C14H27BF2N4O6S. The summed E-state index contributed by atoms with van der Waals surface area (Å²) in [6.07, 6.45) is -0.877. The van der Waals surface area contributed by atoms with Gasteiger partial charge in [0, 0.05) is 43.4 Å². The molecule has 1 saturated heterocycles. The molecular weight excluding hydrogens is 401 g/mol. The van der Waals surface area contributed by atoms with E-state index in [1.807, 2.05) is 0 Å². The third kappa shape index (κ3) is 4.80. The van der Waals surface area contributed by atoms with Crippen molar-refractivity contribution in [2.24, 2.45) is 17.4 Å². The molecule has 3 atom stereocenters. The predicted octanol–water partition coefficient (Wildman–Crippen LogP) is -1.70. The Hall–Kier alpha value is -0.895. The number of aliphatic carboxylic acids is 1. The molecule has 2 aliphatic rings. The van der Waals surface area contributed by atoms with Crippen LogP contribution in [0, 0.1) is 5.92 Å². The lowest BCUT2D eigenvalue weighted by atomic mass is 9.70. The lowest BCUT2D eigenvalue weighted by molar-refractivity contribution is -0.144. The molecule has 0 bridgehead atoms. The van der Waals surface area contributed by atoms with E-state index in [1.165, 1.54) is 6.92 Å². The molecule has 0 aromatic carbocycles. The Kier molecular flexibility index (Phi) is 6.46. The van der Waals surface area contributed by atoms with Gasteiger partial charge in [-0.15, -0.1) is 0 Å². The fourth-order valence-electron chi connectivity index (χ4n) is 3.85. The van der Waals surface area contributed by atoms with E-state index in [0.29, 0.717) is 0 Å². The van der Waals surface area contributed by atoms with Crippen molar-refractivity contribution in [3.63, 3.8) is 0 Å². The van der Waals surface area contributed by atoms with Crippen LogP contribution in [0.25, 0.3) is 0 Å². The Morgan fingerprint density at radius 3 is 2.39 bits per heavy atom. The highest BCUT2D eigenvalue weighted by Crippen LogP contribution is 2.46. The summed E-state index contributed by atoms with van der Waals surface area (Å²) in [7, 11) is -5.77. The zero-order chi connectivity index (χ0) is 21.5. The number of carbonyl (C=O) groups is 1. The molecule has 2 rings (SSSR count). The summed E-state index contributed by atoms with van der Waals surface area (Å²) in [6.45, 7) is 0.695. The lowest BCUT2D eigenvalue weighted by Gasteiger charge is -2.48. The van der Waals surface area contributed by atoms with E-state index < -0.39 is 71.6 Å². The SMILES string of the molecule is C[C@H](NS(=O)(=O)N1C[C@H](CCCB(O)O)[C@](N)(C(=O)O)C1)C1(N)CC(F)(F)C1. The number of nitrogens with one attached hydrogen (secondary N) is 1. The molecule has 14 heteroatoms. The average molecular weight is 428 g/mol. The highest BCUT2D eigenvalue weighted by molar-refractivity contribution is 7.87. The first-order valence-corrected chi connectivity index (χ1v) is 10.4. The van der Waals surface area contributed by atoms with Crippen molar-refractivity contribution in [1.82, 2.24) is 9.03 Å². The van der Waals surface area contributed by atoms with Crippen LogP contribution < -0.4 is 16.2 Å². The van der Waals surface area contributed by atoms with Gasteiger partial charge in [-0.3, -0.25) is 4.79 Å². The predicted molar refractivity (Wildman–Crippen MR) is 96.5 cm³/mol. The van der Waals surface area contributed by atoms with E-state index in [2.05, 4.69) is 4.72 Å². The van der Waals surface area contributed by atoms with Crippen molar-refractivity contribution in [3.8, 4) is 0 Å². The normalized spacial score (nSPS) is 30.6. The molecule has 10 nitrogen and oxygen atoms in total. The molecule has 0 aromatic rings. The summed E-state index contributed by atoms with van der Waals surface area (Å²) in [6, 6.07) is -0.988. The first kappa shape index (κ1) is 23.4. The molecule has 0 spiro atoms. The lowest BCUT2D eigenvalue weighted by Crippen LogP contribution is -2.68. The molecule has 2 fully saturated rings. The Morgan fingerprint density at radius 2 is 1.93 bits per heavy atom. The van der Waals surface area contributed by atoms with Crippen LogP contribution in [0.2, 0.25) is 6.32 Å². The summed E-state index contributed by atoms with van der Waals surface area (Å²) >= 11 is 0. The monoisotopic (exact) mass is 428 g/mol. The van der Waals surface area contributed by atoms with Gasteiger partial charge in [-0.1, -0.05) is 6.42 Å². The number of nitrogens with zero attached hydrogens (tertiary/aromatic N) is 1. The summed E-state index contributed by atoms with van der Waals surface area (Å²) < 4.78 is 54.8. The van der Waals surface area contributed by atoms with E-state index in [9.17, 15) is 27.1 Å². The zero-order valence-corrected chi connectivity index (χ0v) is 16.3. The molecule has 0 radical (unpaired) electrons. The van der Waals surface area contributed by atoms with Gasteiger partial charge < -0.3 is 26.6 Å². The van der Waals surface area contributed by atoms with Crippen molar-refractivity contribution in [3.05, 3.63) is 0 Å². The molecule has 28 heavy (non-hydrogen) atoms. The largest absolute Gasteiger partial charge is 0.480 e. The van der Waals surface area contributed by atoms with Crippen LogP contribution >= 0.6 is 0 Å². The molecule has 1 heterocycles. The van der Waals surface area contributed by atoms with Crippen molar-refractivity contribution in [2.45, 2.75) is 62.0 Å². The van der Waals surface area contributed by atoms with Gasteiger partial charge in [0.25, 0.3) is 16.1 Å². The van der Waals surface area contributed by atoms with Crippen molar-refractivity contribution < 1.29 is 37.1 Å². The van der Waals surface area contributed by atoms with E-state index in [0.717, 1.165) is 4.31 Å². The van der Waals surface area contributed by atoms with Gasteiger partial charge in [0.1, 0.15) is 5.54 Å². The van der Waals surface area contributed by atoms with Crippen molar-refractivity contribution in [2.75, 3.05) is 13.1 Å². The number of alkyl halides is 2. The highest BCUT2D eigenvalue weighted by atomic mass is 32.2. The Balaban J connectivity index is 2.07. The number of rotatable bonds is 9. The molecule has 1 aliphatic carbocycles. The topological polar surface area (TPSA) is 179 Å². The quantitative estimate of drug-likeness (QED) is 0.235. The van der Waals surface area contributed by atoms with E-state index >= 15 is 0 Å². The van der Waals surface area contributed by atoms with Crippen LogP contribution in [0.15, 0.2) is 0 Å². The summed E-state index contributed by atoms with van der Waals surface area (Å²) in [5.74, 6) is -5.06. The number of hydrogen-bond donors (Lipinski definition) is 6. The van der Waals surface area contributed by atoms with Crippen molar-refractivity contribution in [1.29, 1.82) is 0 Å². The molecule has 0 amide bonds. The standard InChI is InChI=1S/C14H27BF2N4O6S/c1-9(12(18)6-13(16,17)7-12)20-28(26,27)21-5-10(3-2-4-15(24)25)14(19,8-21)11(22)23/h9-10,20,24-25H,2-8,18-19H2,1H3,(H,22,23)/t9-,10-,14-/m0/s1. The Morgan fingerprint density at radius 1 is 1.36 bits per heavy atom. The van der Waals surface area contributed by atoms with E-state index in [4.69, 9.17) is 21.5 Å². The molecule has 8 N–H and O–H groups in total. The molecule has 1 saturated carbocycles. The summed E-state index contributed by atoms with van der Waals surface area (Å²) in [5.41, 5.74) is 8.58. The summed E-state index contributed by atoms with van der Waals surface area (Å²) in [5, 5.41) is 27.3. The average Bonchev–Trinajstić information content (AvgIpc) is 2.84. The second kappa shape index (κ2) is 7.74. The zero-order valence-electron chi connectivity index (χ0n) is 15.5. The molecule has 0 unspecified atom stereocenters. The maximum Gasteiger partial charge on any atom is 0.451 e. The molecule has 162 valence electrons. The number of halogens is 2. The van der Waals surface area contributed by atoms with Gasteiger partial charge in [0.2, 0.25) is 0 Å². The van der Waals surface area contributed by atoms with E-state index in [-0.39, 0.29) is 25.7 Å². The van der Waals surface area contributed by atoms with Gasteiger partial charge in [-0.25, -0.2) is 8.78 Å². The number of nitrogens with two attached hydrogens (primary N) is 2. The third-order valence-electron chi connectivity index (χ3n) is 5.71. The van der Waals surface area contributed by atoms with Crippen LogP contribution in [0.4, 0.5) is 8.78 Å². The highest BCUT2D eigenvalue weighted by Gasteiger charge is 2.58. The maximum atomic E-state index is 13.2. The van der Waals surface area contributed by atoms with Gasteiger partial charge in [0.15, 0.2) is 0 Å². The third-order valence-corrected chi connectivity index (χ3v) is 7.32. The van der Waals surface area contributed by atoms with Gasteiger partial charge >= 0.3 is 13.1 Å². The second-order valence-corrected chi connectivity index (χ2v) is 9.74. The smallest absolute Gasteiger partial charge is 0.451 e. The van der Waals surface area contributed by atoms with Crippen LogP contribution in [0.1, 0.15) is 32.6 Å². The van der Waals surface area contributed by atoms with Crippen LogP contribution in [-0.2, 0) is 15.0 Å². The Bertz CT molecular complexity index is 704. The fraction of sp³-hybridized carbons (Fsp3) is 0.929. The molecule has 1 aliphatic heterocycles.